The lowest BCUT2D eigenvalue weighted by Crippen LogP contribution is -2.38. The van der Waals surface area contributed by atoms with Gasteiger partial charge in [-0.2, -0.15) is 0 Å². The Kier molecular flexibility index (Phi) is 4.55. The van der Waals surface area contributed by atoms with Crippen molar-refractivity contribution in [1.29, 1.82) is 0 Å². The van der Waals surface area contributed by atoms with E-state index in [2.05, 4.69) is 77.5 Å². The molecule has 2 atom stereocenters. The predicted molar refractivity (Wildman–Crippen MR) is 113 cm³/mol. The number of anilines is 1. The zero-order valence-electron chi connectivity index (χ0n) is 16.2. The van der Waals surface area contributed by atoms with Crippen LogP contribution in [0.2, 0.25) is 0 Å². The number of hydrogen-bond donors (Lipinski definition) is 1. The molecular weight excluding hydrogens is 348 g/mol. The Hall–Kier alpha value is -2.40. The third kappa shape index (κ3) is 3.08. The molecule has 1 N–H and O–H groups in total. The molecule has 0 bridgehead atoms. The quantitative estimate of drug-likeness (QED) is 0.741. The first-order chi connectivity index (χ1) is 13.7. The summed E-state index contributed by atoms with van der Waals surface area (Å²) < 4.78 is 5.51. The maximum atomic E-state index is 10.7. The summed E-state index contributed by atoms with van der Waals surface area (Å²) in [5.74, 6) is 0. The third-order valence-electron chi connectivity index (χ3n) is 6.09. The zero-order valence-corrected chi connectivity index (χ0v) is 16.2. The molecule has 3 aromatic carbocycles. The van der Waals surface area contributed by atoms with Crippen LogP contribution < -0.4 is 4.90 Å². The van der Waals surface area contributed by atoms with Crippen LogP contribution in [0.25, 0.3) is 10.8 Å². The van der Waals surface area contributed by atoms with Gasteiger partial charge in [0, 0.05) is 25.3 Å². The van der Waals surface area contributed by atoms with Gasteiger partial charge in [0.15, 0.2) is 0 Å². The number of hydrogen-bond acceptors (Lipinski definition) is 4. The molecule has 0 aromatic heterocycles. The first-order valence-corrected chi connectivity index (χ1v) is 10.0. The number of ether oxygens (including phenoxy) is 1. The van der Waals surface area contributed by atoms with Crippen molar-refractivity contribution in [3.8, 4) is 0 Å². The second-order valence-electron chi connectivity index (χ2n) is 7.88. The summed E-state index contributed by atoms with van der Waals surface area (Å²) in [6, 6.07) is 21.9. The Morgan fingerprint density at radius 1 is 0.893 bits per heavy atom. The van der Waals surface area contributed by atoms with E-state index in [0.717, 1.165) is 31.9 Å². The van der Waals surface area contributed by atoms with Crippen molar-refractivity contribution < 1.29 is 9.84 Å². The van der Waals surface area contributed by atoms with Crippen LogP contribution in [0.15, 0.2) is 60.7 Å². The van der Waals surface area contributed by atoms with Gasteiger partial charge in [-0.05, 0) is 52.7 Å². The van der Waals surface area contributed by atoms with Gasteiger partial charge in [0.05, 0.1) is 25.4 Å². The molecule has 2 aliphatic heterocycles. The smallest absolute Gasteiger partial charge is 0.0920 e. The van der Waals surface area contributed by atoms with E-state index >= 15 is 0 Å². The number of aliphatic hydroxyl groups is 1. The summed E-state index contributed by atoms with van der Waals surface area (Å²) in [5.41, 5.74) is 4.75. The van der Waals surface area contributed by atoms with Crippen molar-refractivity contribution in [2.24, 2.45) is 0 Å². The fourth-order valence-electron chi connectivity index (χ4n) is 4.65. The predicted octanol–water partition coefficient (Wildman–Crippen LogP) is 3.74. The van der Waals surface area contributed by atoms with Gasteiger partial charge in [0.2, 0.25) is 0 Å². The van der Waals surface area contributed by atoms with Gasteiger partial charge >= 0.3 is 0 Å². The van der Waals surface area contributed by atoms with Gasteiger partial charge in [0.25, 0.3) is 0 Å². The van der Waals surface area contributed by atoms with E-state index in [-0.39, 0.29) is 6.04 Å². The van der Waals surface area contributed by atoms with E-state index in [4.69, 9.17) is 4.74 Å². The lowest BCUT2D eigenvalue weighted by Gasteiger charge is -2.39. The molecule has 28 heavy (non-hydrogen) atoms. The molecule has 2 unspecified atom stereocenters. The molecule has 2 aliphatic rings. The van der Waals surface area contributed by atoms with E-state index in [1.165, 1.54) is 27.6 Å². The lowest BCUT2D eigenvalue weighted by molar-refractivity contribution is 0.0944. The molecule has 4 heteroatoms. The second kappa shape index (κ2) is 7.21. The minimum atomic E-state index is -0.449. The number of likely N-dealkylation sites (N-methyl/N-ethyl adjacent to an activating group) is 1. The second-order valence-corrected chi connectivity index (χ2v) is 7.88. The number of fused-ring (bicyclic) bond motifs is 2. The van der Waals surface area contributed by atoms with E-state index in [1.807, 2.05) is 0 Å². The highest BCUT2D eigenvalue weighted by molar-refractivity contribution is 5.83. The van der Waals surface area contributed by atoms with Crippen molar-refractivity contribution in [2.75, 3.05) is 44.8 Å². The molecule has 4 nitrogen and oxygen atoms in total. The van der Waals surface area contributed by atoms with Crippen LogP contribution in [-0.2, 0) is 4.74 Å². The van der Waals surface area contributed by atoms with Crippen LogP contribution >= 0.6 is 0 Å². The van der Waals surface area contributed by atoms with Gasteiger partial charge in [-0.3, -0.25) is 4.90 Å². The standard InChI is InChI=1S/C24H26N2O2/c1-25-16-23(27)21-9-8-20(26-10-12-28-13-11-26)15-22(21)24(25)19-7-6-17-4-2-3-5-18(17)14-19/h2-9,14-15,23-24,27H,10-13,16H2,1H3. The molecule has 2 heterocycles. The minimum absolute atomic E-state index is 0.143. The first-order valence-electron chi connectivity index (χ1n) is 10.0. The zero-order chi connectivity index (χ0) is 19.1. The van der Waals surface area contributed by atoms with E-state index < -0.39 is 6.10 Å². The van der Waals surface area contributed by atoms with Gasteiger partial charge < -0.3 is 14.7 Å². The minimum Gasteiger partial charge on any atom is -0.387 e. The topological polar surface area (TPSA) is 35.9 Å². The summed E-state index contributed by atoms with van der Waals surface area (Å²) >= 11 is 0. The Morgan fingerprint density at radius 2 is 1.68 bits per heavy atom. The van der Waals surface area contributed by atoms with Gasteiger partial charge in [-0.15, -0.1) is 0 Å². The Bertz CT molecular complexity index is 997. The van der Waals surface area contributed by atoms with Crippen LogP contribution in [0.5, 0.6) is 0 Å². The van der Waals surface area contributed by atoms with Gasteiger partial charge in [-0.25, -0.2) is 0 Å². The van der Waals surface area contributed by atoms with Crippen LogP contribution in [0, 0.1) is 0 Å². The van der Waals surface area contributed by atoms with Crippen LogP contribution in [0.4, 0.5) is 5.69 Å². The Morgan fingerprint density at radius 3 is 2.50 bits per heavy atom. The highest BCUT2D eigenvalue weighted by Gasteiger charge is 2.32. The maximum Gasteiger partial charge on any atom is 0.0920 e. The van der Waals surface area contributed by atoms with Gasteiger partial charge in [-0.1, -0.05) is 42.5 Å². The Labute approximate surface area is 166 Å². The number of rotatable bonds is 2. The molecule has 0 radical (unpaired) electrons. The fourth-order valence-corrected chi connectivity index (χ4v) is 4.65. The molecular formula is C24H26N2O2. The molecule has 0 aliphatic carbocycles. The van der Waals surface area contributed by atoms with Crippen LogP contribution in [0.3, 0.4) is 0 Å². The highest BCUT2D eigenvalue weighted by atomic mass is 16.5. The summed E-state index contributed by atoms with van der Waals surface area (Å²) in [7, 11) is 2.10. The first kappa shape index (κ1) is 17.7. The third-order valence-corrected chi connectivity index (χ3v) is 6.09. The summed E-state index contributed by atoms with van der Waals surface area (Å²) in [5, 5.41) is 13.2. The van der Waals surface area contributed by atoms with Crippen LogP contribution in [-0.4, -0.2) is 49.9 Å². The number of β-amino-alcohol motifs (C(OH)–C–C–N with tert-alkyl or cyclic N) is 1. The molecule has 144 valence electrons. The molecule has 5 rings (SSSR count). The summed E-state index contributed by atoms with van der Waals surface area (Å²) in [6.07, 6.45) is -0.449. The van der Waals surface area contributed by atoms with Crippen molar-refractivity contribution in [2.45, 2.75) is 12.1 Å². The number of aliphatic hydroxyl groups excluding tert-OH is 1. The monoisotopic (exact) mass is 374 g/mol. The van der Waals surface area contributed by atoms with Crippen molar-refractivity contribution in [3.63, 3.8) is 0 Å². The number of morpholine rings is 1. The van der Waals surface area contributed by atoms with E-state index in [0.29, 0.717) is 6.54 Å². The normalized spacial score (nSPS) is 23.0. The SMILES string of the molecule is CN1CC(O)c2ccc(N3CCOCC3)cc2C1c1ccc2ccccc2c1. The molecule has 0 amide bonds. The lowest BCUT2D eigenvalue weighted by atomic mass is 9.86. The average molecular weight is 374 g/mol. The maximum absolute atomic E-state index is 10.7. The molecule has 0 spiro atoms. The van der Waals surface area contributed by atoms with Crippen molar-refractivity contribution >= 4 is 16.5 Å². The van der Waals surface area contributed by atoms with Gasteiger partial charge in [0.1, 0.15) is 0 Å². The number of nitrogens with zero attached hydrogens (tertiary/aromatic N) is 2. The highest BCUT2D eigenvalue weighted by Crippen LogP contribution is 2.40. The number of benzene rings is 3. The molecule has 3 aromatic rings. The average Bonchev–Trinajstić information content (AvgIpc) is 2.74. The van der Waals surface area contributed by atoms with Crippen LogP contribution in [0.1, 0.15) is 28.8 Å². The van der Waals surface area contributed by atoms with E-state index in [1.54, 1.807) is 0 Å². The van der Waals surface area contributed by atoms with E-state index in [9.17, 15) is 5.11 Å². The summed E-state index contributed by atoms with van der Waals surface area (Å²) in [4.78, 5) is 4.64. The molecule has 1 saturated heterocycles. The largest absolute Gasteiger partial charge is 0.387 e. The molecule has 1 fully saturated rings. The Balaban J connectivity index is 1.60. The fraction of sp³-hybridized carbons (Fsp3) is 0.333. The molecule has 0 saturated carbocycles. The summed E-state index contributed by atoms with van der Waals surface area (Å²) in [6.45, 7) is 4.01. The van der Waals surface area contributed by atoms with Crippen molar-refractivity contribution in [3.05, 3.63) is 77.4 Å². The van der Waals surface area contributed by atoms with Crippen molar-refractivity contribution in [1.82, 2.24) is 4.90 Å².